The summed E-state index contributed by atoms with van der Waals surface area (Å²) in [4.78, 5) is 27.4. The minimum Gasteiger partial charge on any atom is -0.368 e. The van der Waals surface area contributed by atoms with Crippen molar-refractivity contribution in [1.29, 1.82) is 0 Å². The first-order chi connectivity index (χ1) is 11.9. The lowest BCUT2D eigenvalue weighted by Crippen LogP contribution is -2.48. The Balaban J connectivity index is 1.65. The summed E-state index contributed by atoms with van der Waals surface area (Å²) in [6.45, 7) is 3.68. The Labute approximate surface area is 144 Å². The van der Waals surface area contributed by atoms with E-state index in [1.165, 1.54) is 6.92 Å². The minimum absolute atomic E-state index is 0.0179. The fraction of sp³-hybridized carbons (Fsp3) is 0.263. The third kappa shape index (κ3) is 3.84. The Bertz CT molecular complexity index is 777. The molecular weight excluding hydrogens is 326 g/mol. The van der Waals surface area contributed by atoms with Gasteiger partial charge in [-0.15, -0.1) is 0 Å². The number of carbonyl (C=O) groups excluding carboxylic acids is 2. The molecule has 25 heavy (non-hydrogen) atoms. The summed E-state index contributed by atoms with van der Waals surface area (Å²) in [5.74, 6) is -1.87. The van der Waals surface area contributed by atoms with Gasteiger partial charge in [0.2, 0.25) is 0 Å². The van der Waals surface area contributed by atoms with Crippen molar-refractivity contribution in [1.82, 2.24) is 4.90 Å². The van der Waals surface area contributed by atoms with Crippen LogP contribution < -0.4 is 4.90 Å². The smallest absolute Gasteiger partial charge is 0.254 e. The lowest BCUT2D eigenvalue weighted by Gasteiger charge is -2.36. The van der Waals surface area contributed by atoms with Gasteiger partial charge in [0.1, 0.15) is 11.6 Å². The molecule has 0 bridgehead atoms. The summed E-state index contributed by atoms with van der Waals surface area (Å²) >= 11 is 0. The fourth-order valence-electron chi connectivity index (χ4n) is 2.93. The lowest BCUT2D eigenvalue weighted by molar-refractivity contribution is 0.0745. The van der Waals surface area contributed by atoms with Crippen molar-refractivity contribution in [2.45, 2.75) is 6.92 Å². The van der Waals surface area contributed by atoms with Crippen molar-refractivity contribution in [3.8, 4) is 0 Å². The highest BCUT2D eigenvalue weighted by molar-refractivity contribution is 5.95. The summed E-state index contributed by atoms with van der Waals surface area (Å²) in [5.41, 5.74) is 1.66. The molecule has 0 unspecified atom stereocenters. The monoisotopic (exact) mass is 344 g/mol. The van der Waals surface area contributed by atoms with Gasteiger partial charge in [0, 0.05) is 49.1 Å². The fourth-order valence-corrected chi connectivity index (χ4v) is 2.93. The molecular formula is C19H18F2N2O2. The standard InChI is InChI=1S/C19H18F2N2O2/c1-13(24)14-2-4-18(5-3-14)22-6-8-23(9-7-22)19(25)15-10-16(20)12-17(21)11-15/h2-5,10-12H,6-9H2,1H3. The van der Waals surface area contributed by atoms with Crippen molar-refractivity contribution in [2.24, 2.45) is 0 Å². The van der Waals surface area contributed by atoms with Gasteiger partial charge in [-0.1, -0.05) is 0 Å². The van der Waals surface area contributed by atoms with Gasteiger partial charge in [0.25, 0.3) is 5.91 Å². The second-order valence-electron chi connectivity index (χ2n) is 6.04. The highest BCUT2D eigenvalue weighted by Gasteiger charge is 2.23. The predicted octanol–water partition coefficient (Wildman–Crippen LogP) is 3.13. The molecule has 1 heterocycles. The second-order valence-corrected chi connectivity index (χ2v) is 6.04. The molecule has 0 aliphatic carbocycles. The van der Waals surface area contributed by atoms with E-state index in [-0.39, 0.29) is 17.3 Å². The Morgan fingerprint density at radius 1 is 0.840 bits per heavy atom. The summed E-state index contributed by atoms with van der Waals surface area (Å²) in [6.07, 6.45) is 0. The first kappa shape index (κ1) is 17.1. The Hall–Kier alpha value is -2.76. The Morgan fingerprint density at radius 3 is 1.92 bits per heavy atom. The molecule has 1 fully saturated rings. The third-order valence-corrected chi connectivity index (χ3v) is 4.32. The van der Waals surface area contributed by atoms with Crippen molar-refractivity contribution in [3.63, 3.8) is 0 Å². The summed E-state index contributed by atoms with van der Waals surface area (Å²) in [7, 11) is 0. The van der Waals surface area contributed by atoms with E-state index in [2.05, 4.69) is 4.90 Å². The highest BCUT2D eigenvalue weighted by atomic mass is 19.1. The molecule has 0 spiro atoms. The highest BCUT2D eigenvalue weighted by Crippen LogP contribution is 2.19. The maximum atomic E-state index is 13.3. The zero-order valence-corrected chi connectivity index (χ0v) is 13.8. The van der Waals surface area contributed by atoms with Crippen LogP contribution in [0.2, 0.25) is 0 Å². The number of halogens is 2. The number of rotatable bonds is 3. The molecule has 0 atom stereocenters. The zero-order chi connectivity index (χ0) is 18.0. The van der Waals surface area contributed by atoms with Crippen LogP contribution in [-0.4, -0.2) is 42.8 Å². The van der Waals surface area contributed by atoms with Gasteiger partial charge in [-0.05, 0) is 43.3 Å². The van der Waals surface area contributed by atoms with E-state index in [9.17, 15) is 18.4 Å². The molecule has 0 N–H and O–H groups in total. The quantitative estimate of drug-likeness (QED) is 0.803. The van der Waals surface area contributed by atoms with E-state index in [0.717, 1.165) is 23.9 Å². The number of hydrogen-bond acceptors (Lipinski definition) is 3. The van der Waals surface area contributed by atoms with Gasteiger partial charge >= 0.3 is 0 Å². The first-order valence-electron chi connectivity index (χ1n) is 8.05. The van der Waals surface area contributed by atoms with E-state index >= 15 is 0 Å². The van der Waals surface area contributed by atoms with E-state index < -0.39 is 11.6 Å². The van der Waals surface area contributed by atoms with Gasteiger partial charge < -0.3 is 9.80 Å². The molecule has 3 rings (SSSR count). The van der Waals surface area contributed by atoms with Gasteiger partial charge in [-0.2, -0.15) is 0 Å². The molecule has 0 radical (unpaired) electrons. The van der Waals surface area contributed by atoms with Crippen LogP contribution in [0, 0.1) is 11.6 Å². The maximum Gasteiger partial charge on any atom is 0.254 e. The van der Waals surface area contributed by atoms with Crippen LogP contribution in [0.15, 0.2) is 42.5 Å². The predicted molar refractivity (Wildman–Crippen MR) is 90.9 cm³/mol. The SMILES string of the molecule is CC(=O)c1ccc(N2CCN(C(=O)c3cc(F)cc(F)c3)CC2)cc1. The van der Waals surface area contributed by atoms with Gasteiger partial charge in [0.15, 0.2) is 5.78 Å². The van der Waals surface area contributed by atoms with Gasteiger partial charge in [-0.25, -0.2) is 8.78 Å². The van der Waals surface area contributed by atoms with Crippen LogP contribution in [0.25, 0.3) is 0 Å². The molecule has 1 amide bonds. The van der Waals surface area contributed by atoms with Crippen LogP contribution in [0.1, 0.15) is 27.6 Å². The van der Waals surface area contributed by atoms with E-state index in [1.54, 1.807) is 17.0 Å². The molecule has 2 aromatic rings. The second kappa shape index (κ2) is 7.01. The molecule has 1 saturated heterocycles. The number of anilines is 1. The van der Waals surface area contributed by atoms with Crippen molar-refractivity contribution in [3.05, 3.63) is 65.2 Å². The van der Waals surface area contributed by atoms with Crippen LogP contribution in [0.5, 0.6) is 0 Å². The van der Waals surface area contributed by atoms with Crippen molar-refractivity contribution in [2.75, 3.05) is 31.1 Å². The van der Waals surface area contributed by atoms with Gasteiger partial charge in [-0.3, -0.25) is 9.59 Å². The summed E-state index contributed by atoms with van der Waals surface area (Å²) < 4.78 is 26.6. The van der Waals surface area contributed by atoms with Crippen LogP contribution in [-0.2, 0) is 0 Å². The zero-order valence-electron chi connectivity index (χ0n) is 13.8. The molecule has 0 saturated carbocycles. The molecule has 2 aromatic carbocycles. The van der Waals surface area contributed by atoms with Crippen molar-refractivity contribution < 1.29 is 18.4 Å². The van der Waals surface area contributed by atoms with Gasteiger partial charge in [0.05, 0.1) is 0 Å². The number of piperazine rings is 1. The van der Waals surface area contributed by atoms with E-state index in [0.29, 0.717) is 31.7 Å². The normalized spacial score (nSPS) is 14.5. The number of carbonyl (C=O) groups is 2. The molecule has 1 aliphatic rings. The molecule has 0 aromatic heterocycles. The molecule has 1 aliphatic heterocycles. The number of hydrogen-bond donors (Lipinski definition) is 0. The third-order valence-electron chi connectivity index (χ3n) is 4.32. The molecule has 130 valence electrons. The number of benzene rings is 2. The largest absolute Gasteiger partial charge is 0.368 e. The topological polar surface area (TPSA) is 40.6 Å². The van der Waals surface area contributed by atoms with Crippen LogP contribution in [0.3, 0.4) is 0 Å². The number of Topliss-reactive ketones (excluding diaryl/α,β-unsaturated/α-hetero) is 1. The van der Waals surface area contributed by atoms with Crippen LogP contribution in [0.4, 0.5) is 14.5 Å². The summed E-state index contributed by atoms with van der Waals surface area (Å²) in [5, 5.41) is 0. The van der Waals surface area contributed by atoms with Crippen molar-refractivity contribution >= 4 is 17.4 Å². The van der Waals surface area contributed by atoms with E-state index in [1.807, 2.05) is 12.1 Å². The average Bonchev–Trinajstić information content (AvgIpc) is 2.60. The average molecular weight is 344 g/mol. The lowest BCUT2D eigenvalue weighted by atomic mass is 10.1. The number of ketones is 1. The van der Waals surface area contributed by atoms with Crippen LogP contribution >= 0.6 is 0 Å². The Kier molecular flexibility index (Phi) is 4.79. The maximum absolute atomic E-state index is 13.3. The number of amides is 1. The minimum atomic E-state index is -0.757. The summed E-state index contributed by atoms with van der Waals surface area (Å²) in [6, 6.07) is 10.2. The first-order valence-corrected chi connectivity index (χ1v) is 8.05. The van der Waals surface area contributed by atoms with E-state index in [4.69, 9.17) is 0 Å². The number of nitrogens with zero attached hydrogens (tertiary/aromatic N) is 2. The molecule has 4 nitrogen and oxygen atoms in total. The Morgan fingerprint density at radius 2 is 1.40 bits per heavy atom. The molecule has 6 heteroatoms.